The number of aromatic nitrogens is 2. The maximum absolute atomic E-state index is 12.8. The number of aromatic amines is 1. The summed E-state index contributed by atoms with van der Waals surface area (Å²) in [4.78, 5) is 12.8. The molecule has 0 atom stereocenters. The Bertz CT molecular complexity index is 921. The molecule has 0 aliphatic rings. The van der Waals surface area contributed by atoms with Gasteiger partial charge in [0.15, 0.2) is 0 Å². The number of methoxy groups -OCH3 is 1. The first kappa shape index (κ1) is 18.0. The van der Waals surface area contributed by atoms with E-state index in [-0.39, 0.29) is 5.91 Å². The van der Waals surface area contributed by atoms with E-state index in [2.05, 4.69) is 22.4 Å². The summed E-state index contributed by atoms with van der Waals surface area (Å²) in [5.74, 6) is 0.417. The van der Waals surface area contributed by atoms with Gasteiger partial charge in [0, 0.05) is 5.56 Å². The van der Waals surface area contributed by atoms with Gasteiger partial charge in [0.05, 0.1) is 29.1 Å². The number of rotatable bonds is 6. The average Bonchev–Trinajstić information content (AvgIpc) is 3.04. The van der Waals surface area contributed by atoms with Crippen molar-refractivity contribution in [3.63, 3.8) is 0 Å². The molecule has 0 aliphatic carbocycles. The summed E-state index contributed by atoms with van der Waals surface area (Å²) < 4.78 is 5.44. The van der Waals surface area contributed by atoms with E-state index in [0.29, 0.717) is 27.7 Å². The van der Waals surface area contributed by atoms with Crippen LogP contribution in [0.1, 0.15) is 29.4 Å². The Balaban J connectivity index is 2.04. The van der Waals surface area contributed by atoms with Crippen LogP contribution >= 0.6 is 11.6 Å². The van der Waals surface area contributed by atoms with E-state index in [1.807, 2.05) is 24.3 Å². The number of amides is 1. The van der Waals surface area contributed by atoms with Gasteiger partial charge in [0.1, 0.15) is 11.4 Å². The van der Waals surface area contributed by atoms with Crippen molar-refractivity contribution in [3.8, 4) is 17.0 Å². The number of para-hydroxylation sites is 1. The van der Waals surface area contributed by atoms with E-state index in [1.165, 1.54) is 0 Å². The van der Waals surface area contributed by atoms with Crippen molar-refractivity contribution in [2.75, 3.05) is 12.4 Å². The number of nitrogens with one attached hydrogen (secondary N) is 2. The molecule has 3 aromatic rings. The van der Waals surface area contributed by atoms with Crippen molar-refractivity contribution in [2.45, 2.75) is 19.8 Å². The molecule has 0 aliphatic heterocycles. The van der Waals surface area contributed by atoms with Crippen molar-refractivity contribution < 1.29 is 9.53 Å². The molecule has 134 valence electrons. The number of carbonyl (C=O) groups excluding carboxylic acids is 1. The third kappa shape index (κ3) is 3.58. The third-order valence-electron chi connectivity index (χ3n) is 4.06. The molecule has 5 nitrogen and oxygen atoms in total. The Hall–Kier alpha value is -2.79. The molecular formula is C20H20ClN3O2. The highest BCUT2D eigenvalue weighted by atomic mass is 35.5. The van der Waals surface area contributed by atoms with Gasteiger partial charge in [-0.2, -0.15) is 5.10 Å². The molecule has 1 heterocycles. The van der Waals surface area contributed by atoms with Crippen molar-refractivity contribution in [2.24, 2.45) is 0 Å². The second-order valence-corrected chi connectivity index (χ2v) is 6.22. The minimum Gasteiger partial charge on any atom is -0.496 e. The van der Waals surface area contributed by atoms with Gasteiger partial charge in [0.25, 0.3) is 5.91 Å². The Morgan fingerprint density at radius 2 is 1.92 bits per heavy atom. The smallest absolute Gasteiger partial charge is 0.257 e. The number of halogens is 1. The minimum atomic E-state index is -0.273. The van der Waals surface area contributed by atoms with Crippen LogP contribution < -0.4 is 10.1 Å². The molecule has 2 aromatic carbocycles. The van der Waals surface area contributed by atoms with Crippen molar-refractivity contribution in [1.82, 2.24) is 10.2 Å². The lowest BCUT2D eigenvalue weighted by atomic mass is 10.1. The fourth-order valence-corrected chi connectivity index (χ4v) is 3.03. The van der Waals surface area contributed by atoms with Gasteiger partial charge < -0.3 is 10.1 Å². The van der Waals surface area contributed by atoms with Gasteiger partial charge in [-0.25, -0.2) is 0 Å². The number of nitrogens with zero attached hydrogens (tertiary/aromatic N) is 1. The summed E-state index contributed by atoms with van der Waals surface area (Å²) in [6, 6.07) is 14.5. The summed E-state index contributed by atoms with van der Waals surface area (Å²) in [6.45, 7) is 2.07. The minimum absolute atomic E-state index is 0.273. The molecule has 0 fully saturated rings. The predicted molar refractivity (Wildman–Crippen MR) is 104 cm³/mol. The van der Waals surface area contributed by atoms with Crippen LogP contribution in [0.5, 0.6) is 5.75 Å². The van der Waals surface area contributed by atoms with Crippen LogP contribution in [-0.2, 0) is 6.42 Å². The Labute approximate surface area is 157 Å². The summed E-state index contributed by atoms with van der Waals surface area (Å²) in [6.07, 6.45) is 1.68. The number of anilines is 1. The van der Waals surface area contributed by atoms with Crippen LogP contribution in [0.4, 0.5) is 5.69 Å². The summed E-state index contributed by atoms with van der Waals surface area (Å²) in [5, 5.41) is 10.9. The molecule has 0 unspecified atom stereocenters. The molecular weight excluding hydrogens is 350 g/mol. The van der Waals surface area contributed by atoms with Crippen molar-refractivity contribution >= 4 is 23.2 Å². The maximum Gasteiger partial charge on any atom is 0.257 e. The number of hydrogen-bond donors (Lipinski definition) is 2. The van der Waals surface area contributed by atoms with E-state index in [4.69, 9.17) is 16.3 Å². The first-order valence-electron chi connectivity index (χ1n) is 8.42. The van der Waals surface area contributed by atoms with Crippen LogP contribution in [0.15, 0.2) is 48.5 Å². The summed E-state index contributed by atoms with van der Waals surface area (Å²) >= 11 is 6.16. The van der Waals surface area contributed by atoms with Gasteiger partial charge in [-0.05, 0) is 30.7 Å². The second kappa shape index (κ2) is 8.06. The average molecular weight is 370 g/mol. The van der Waals surface area contributed by atoms with Crippen LogP contribution in [-0.4, -0.2) is 23.2 Å². The van der Waals surface area contributed by atoms with Crippen LogP contribution in [0.25, 0.3) is 11.3 Å². The van der Waals surface area contributed by atoms with Crippen molar-refractivity contribution in [1.29, 1.82) is 0 Å². The van der Waals surface area contributed by atoms with E-state index < -0.39 is 0 Å². The van der Waals surface area contributed by atoms with Gasteiger partial charge >= 0.3 is 0 Å². The van der Waals surface area contributed by atoms with Gasteiger partial charge in [-0.3, -0.25) is 9.89 Å². The lowest BCUT2D eigenvalue weighted by molar-refractivity contribution is 0.102. The summed E-state index contributed by atoms with van der Waals surface area (Å²) in [5.41, 5.74) is 3.40. The van der Waals surface area contributed by atoms with Crippen molar-refractivity contribution in [3.05, 3.63) is 64.8 Å². The monoisotopic (exact) mass is 369 g/mol. The molecule has 2 N–H and O–H groups in total. The number of benzene rings is 2. The SMILES string of the molecule is CCCc1[nH]nc(-c2ccccc2OC)c1NC(=O)c1ccccc1Cl. The molecule has 26 heavy (non-hydrogen) atoms. The van der Waals surface area contributed by atoms with Crippen LogP contribution in [0.3, 0.4) is 0 Å². The highest BCUT2D eigenvalue weighted by Crippen LogP contribution is 2.35. The number of ether oxygens (including phenoxy) is 1. The molecule has 0 bridgehead atoms. The molecule has 0 radical (unpaired) electrons. The van der Waals surface area contributed by atoms with E-state index >= 15 is 0 Å². The number of aryl methyl sites for hydroxylation is 1. The highest BCUT2D eigenvalue weighted by molar-refractivity contribution is 6.34. The molecule has 1 aromatic heterocycles. The van der Waals surface area contributed by atoms with E-state index in [0.717, 1.165) is 24.1 Å². The molecule has 0 saturated carbocycles. The Morgan fingerprint density at radius 3 is 2.65 bits per heavy atom. The predicted octanol–water partition coefficient (Wildman–Crippen LogP) is 4.94. The zero-order valence-corrected chi connectivity index (χ0v) is 15.4. The zero-order valence-electron chi connectivity index (χ0n) is 14.7. The van der Waals surface area contributed by atoms with Crippen LogP contribution in [0, 0.1) is 0 Å². The topological polar surface area (TPSA) is 67.0 Å². The number of hydrogen-bond acceptors (Lipinski definition) is 3. The van der Waals surface area contributed by atoms with E-state index in [9.17, 15) is 4.79 Å². The highest BCUT2D eigenvalue weighted by Gasteiger charge is 2.20. The Kier molecular flexibility index (Phi) is 5.58. The molecule has 0 spiro atoms. The first-order chi connectivity index (χ1) is 12.7. The Morgan fingerprint density at radius 1 is 1.19 bits per heavy atom. The molecule has 0 saturated heterocycles. The fourth-order valence-electron chi connectivity index (χ4n) is 2.81. The fraction of sp³-hybridized carbons (Fsp3) is 0.200. The summed E-state index contributed by atoms with van der Waals surface area (Å²) in [7, 11) is 1.61. The molecule has 6 heteroatoms. The van der Waals surface area contributed by atoms with Gasteiger partial charge in [0.2, 0.25) is 0 Å². The molecule has 3 rings (SSSR count). The third-order valence-corrected chi connectivity index (χ3v) is 4.39. The number of H-pyrrole nitrogens is 1. The largest absolute Gasteiger partial charge is 0.496 e. The number of carbonyl (C=O) groups is 1. The molecule has 1 amide bonds. The maximum atomic E-state index is 12.8. The zero-order chi connectivity index (χ0) is 18.5. The van der Waals surface area contributed by atoms with Crippen LogP contribution in [0.2, 0.25) is 5.02 Å². The first-order valence-corrected chi connectivity index (χ1v) is 8.80. The van der Waals surface area contributed by atoms with Gasteiger partial charge in [-0.15, -0.1) is 0 Å². The normalized spacial score (nSPS) is 10.6. The quantitative estimate of drug-likeness (QED) is 0.646. The van der Waals surface area contributed by atoms with E-state index in [1.54, 1.807) is 31.4 Å². The second-order valence-electron chi connectivity index (χ2n) is 5.81. The van der Waals surface area contributed by atoms with Gasteiger partial charge in [-0.1, -0.05) is 49.2 Å². The lowest BCUT2D eigenvalue weighted by Gasteiger charge is -2.11. The lowest BCUT2D eigenvalue weighted by Crippen LogP contribution is -2.14. The standard InChI is InChI=1S/C20H20ClN3O2/c1-3-8-16-19(22-20(25)13-9-4-6-11-15(13)21)18(24-23-16)14-10-5-7-12-17(14)26-2/h4-7,9-12H,3,8H2,1-2H3,(H,22,25)(H,23,24).